The van der Waals surface area contributed by atoms with Crippen molar-refractivity contribution in [2.45, 2.75) is 25.2 Å². The molecule has 1 aliphatic rings. The van der Waals surface area contributed by atoms with Crippen molar-refractivity contribution >= 4 is 0 Å². The van der Waals surface area contributed by atoms with E-state index in [4.69, 9.17) is 24.1 Å². The Bertz CT molecular complexity index is 164. The van der Waals surface area contributed by atoms with Crippen LogP contribution in [0.1, 0.15) is 12.8 Å². The van der Waals surface area contributed by atoms with Crippen LogP contribution in [-0.4, -0.2) is 51.7 Å². The van der Waals surface area contributed by atoms with Gasteiger partial charge in [-0.05, 0) is 6.42 Å². The first kappa shape index (κ1) is 12.9. The molecule has 0 unspecified atom stereocenters. The van der Waals surface area contributed by atoms with Crippen molar-refractivity contribution in [2.75, 3.05) is 34.2 Å². The van der Waals surface area contributed by atoms with Gasteiger partial charge in [0.1, 0.15) is 6.79 Å². The second kappa shape index (κ2) is 7.14. The first-order valence-corrected chi connectivity index (χ1v) is 5.17. The van der Waals surface area contributed by atoms with Crippen molar-refractivity contribution < 1.29 is 24.1 Å². The molecular formula is C10H20O5. The fourth-order valence-electron chi connectivity index (χ4n) is 1.80. The number of rotatable bonds is 7. The number of hydrogen-bond donors (Lipinski definition) is 1. The zero-order valence-corrected chi connectivity index (χ0v) is 9.35. The molecule has 0 aliphatic carbocycles. The van der Waals surface area contributed by atoms with Gasteiger partial charge in [-0.3, -0.25) is 0 Å². The summed E-state index contributed by atoms with van der Waals surface area (Å²) in [5.74, 6) is 0.275. The van der Waals surface area contributed by atoms with Crippen molar-refractivity contribution in [2.24, 2.45) is 5.92 Å². The summed E-state index contributed by atoms with van der Waals surface area (Å²) in [6.45, 7) is 1.00. The van der Waals surface area contributed by atoms with Crippen LogP contribution in [0.3, 0.4) is 0 Å². The number of methoxy groups -OCH3 is 2. The van der Waals surface area contributed by atoms with Gasteiger partial charge in [-0.15, -0.1) is 0 Å². The maximum absolute atomic E-state index is 8.89. The van der Waals surface area contributed by atoms with Crippen LogP contribution in [0.25, 0.3) is 0 Å². The summed E-state index contributed by atoms with van der Waals surface area (Å²) in [6.07, 6.45) is 1.29. The van der Waals surface area contributed by atoms with E-state index < -0.39 is 0 Å². The highest BCUT2D eigenvalue weighted by Gasteiger charge is 2.34. The van der Waals surface area contributed by atoms with E-state index in [0.717, 1.165) is 6.42 Å². The SMILES string of the molecule is COCOC[C@H]1C[C@H](OC)O[C@H]1CCO. The summed E-state index contributed by atoms with van der Waals surface area (Å²) in [5, 5.41) is 8.89. The quantitative estimate of drug-likeness (QED) is 0.496. The molecule has 5 heteroatoms. The third-order valence-electron chi connectivity index (χ3n) is 2.56. The van der Waals surface area contributed by atoms with Gasteiger partial charge in [-0.2, -0.15) is 0 Å². The molecule has 1 rings (SSSR count). The molecule has 90 valence electrons. The lowest BCUT2D eigenvalue weighted by atomic mass is 10.0. The van der Waals surface area contributed by atoms with E-state index in [1.54, 1.807) is 14.2 Å². The highest BCUT2D eigenvalue weighted by Crippen LogP contribution is 2.29. The molecule has 1 aliphatic heterocycles. The maximum Gasteiger partial charge on any atom is 0.158 e. The smallest absolute Gasteiger partial charge is 0.158 e. The average molecular weight is 220 g/mol. The Hall–Kier alpha value is -0.200. The van der Waals surface area contributed by atoms with Crippen molar-refractivity contribution in [1.82, 2.24) is 0 Å². The topological polar surface area (TPSA) is 57.2 Å². The van der Waals surface area contributed by atoms with Gasteiger partial charge in [0, 0.05) is 33.2 Å². The maximum atomic E-state index is 8.89. The van der Waals surface area contributed by atoms with Crippen molar-refractivity contribution in [1.29, 1.82) is 0 Å². The van der Waals surface area contributed by atoms with E-state index in [-0.39, 0.29) is 24.9 Å². The third-order valence-corrected chi connectivity index (χ3v) is 2.56. The highest BCUT2D eigenvalue weighted by molar-refractivity contribution is 4.78. The van der Waals surface area contributed by atoms with Crippen LogP contribution < -0.4 is 0 Å². The Morgan fingerprint density at radius 1 is 1.40 bits per heavy atom. The summed E-state index contributed by atoms with van der Waals surface area (Å²) >= 11 is 0. The highest BCUT2D eigenvalue weighted by atomic mass is 16.7. The van der Waals surface area contributed by atoms with Crippen LogP contribution in [0, 0.1) is 5.92 Å². The molecular weight excluding hydrogens is 200 g/mol. The van der Waals surface area contributed by atoms with Crippen LogP contribution in [0.5, 0.6) is 0 Å². The van der Waals surface area contributed by atoms with Crippen molar-refractivity contribution in [3.8, 4) is 0 Å². The standard InChI is InChI=1S/C10H20O5/c1-12-7-14-6-8-5-10(13-2)15-9(8)3-4-11/h8-11H,3-7H2,1-2H3/t8-,9+,10-/m1/s1. The van der Waals surface area contributed by atoms with E-state index in [1.807, 2.05) is 0 Å². The Kier molecular flexibility index (Phi) is 6.12. The number of hydrogen-bond acceptors (Lipinski definition) is 5. The average Bonchev–Trinajstić information content (AvgIpc) is 2.62. The minimum absolute atomic E-state index is 0.0248. The lowest BCUT2D eigenvalue weighted by Gasteiger charge is -2.16. The third kappa shape index (κ3) is 4.04. The fraction of sp³-hybridized carbons (Fsp3) is 1.00. The van der Waals surface area contributed by atoms with Crippen molar-refractivity contribution in [3.05, 3.63) is 0 Å². The molecule has 0 aromatic rings. The van der Waals surface area contributed by atoms with Crippen molar-refractivity contribution in [3.63, 3.8) is 0 Å². The van der Waals surface area contributed by atoms with Crippen LogP contribution >= 0.6 is 0 Å². The summed E-state index contributed by atoms with van der Waals surface area (Å²) in [5.41, 5.74) is 0. The van der Waals surface area contributed by atoms with E-state index in [1.165, 1.54) is 0 Å². The van der Waals surface area contributed by atoms with Gasteiger partial charge in [0.2, 0.25) is 0 Å². The molecule has 0 bridgehead atoms. The van der Waals surface area contributed by atoms with Gasteiger partial charge in [0.25, 0.3) is 0 Å². The van der Waals surface area contributed by atoms with Gasteiger partial charge in [-0.25, -0.2) is 0 Å². The molecule has 0 radical (unpaired) electrons. The van der Waals surface area contributed by atoms with Gasteiger partial charge >= 0.3 is 0 Å². The predicted octanol–water partition coefficient (Wildman–Crippen LogP) is 0.367. The Morgan fingerprint density at radius 2 is 2.20 bits per heavy atom. The van der Waals surface area contributed by atoms with E-state index >= 15 is 0 Å². The molecule has 0 aromatic carbocycles. The second-order valence-electron chi connectivity index (χ2n) is 3.63. The lowest BCUT2D eigenvalue weighted by Crippen LogP contribution is -2.22. The zero-order valence-electron chi connectivity index (χ0n) is 9.35. The fourth-order valence-corrected chi connectivity index (χ4v) is 1.80. The van der Waals surface area contributed by atoms with Gasteiger partial charge < -0.3 is 24.1 Å². The van der Waals surface area contributed by atoms with E-state index in [0.29, 0.717) is 19.8 Å². The molecule has 1 saturated heterocycles. The van der Waals surface area contributed by atoms with Crippen LogP contribution in [0.15, 0.2) is 0 Å². The Balaban J connectivity index is 2.31. The molecule has 0 aromatic heterocycles. The molecule has 1 fully saturated rings. The van der Waals surface area contributed by atoms with Crippen LogP contribution in [-0.2, 0) is 18.9 Å². The normalized spacial score (nSPS) is 31.0. The molecule has 0 spiro atoms. The molecule has 0 saturated carbocycles. The monoisotopic (exact) mass is 220 g/mol. The van der Waals surface area contributed by atoms with Crippen LogP contribution in [0.4, 0.5) is 0 Å². The molecule has 5 nitrogen and oxygen atoms in total. The number of ether oxygens (including phenoxy) is 4. The van der Waals surface area contributed by atoms with Crippen LogP contribution in [0.2, 0.25) is 0 Å². The number of aliphatic hydroxyl groups is 1. The van der Waals surface area contributed by atoms with Gasteiger partial charge in [0.05, 0.1) is 12.7 Å². The lowest BCUT2D eigenvalue weighted by molar-refractivity contribution is -0.121. The van der Waals surface area contributed by atoms with E-state index in [2.05, 4.69) is 0 Å². The van der Waals surface area contributed by atoms with Gasteiger partial charge in [0.15, 0.2) is 6.29 Å². The first-order chi connectivity index (χ1) is 7.31. The van der Waals surface area contributed by atoms with E-state index in [9.17, 15) is 0 Å². The molecule has 15 heavy (non-hydrogen) atoms. The molecule has 1 N–H and O–H groups in total. The van der Waals surface area contributed by atoms with Gasteiger partial charge in [-0.1, -0.05) is 0 Å². The number of aliphatic hydroxyl groups excluding tert-OH is 1. The largest absolute Gasteiger partial charge is 0.396 e. The molecule has 0 amide bonds. The second-order valence-corrected chi connectivity index (χ2v) is 3.63. The first-order valence-electron chi connectivity index (χ1n) is 5.17. The molecule has 3 atom stereocenters. The minimum Gasteiger partial charge on any atom is -0.396 e. The minimum atomic E-state index is -0.169. The summed E-state index contributed by atoms with van der Waals surface area (Å²) in [6, 6.07) is 0. The summed E-state index contributed by atoms with van der Waals surface area (Å²) < 4.78 is 20.8. The Morgan fingerprint density at radius 3 is 2.80 bits per heavy atom. The zero-order chi connectivity index (χ0) is 11.1. The summed E-state index contributed by atoms with van der Waals surface area (Å²) in [7, 11) is 3.22. The molecule has 1 heterocycles. The Labute approximate surface area is 90.3 Å². The predicted molar refractivity (Wildman–Crippen MR) is 53.3 cm³/mol. The summed E-state index contributed by atoms with van der Waals surface area (Å²) in [4.78, 5) is 0.